The van der Waals surface area contributed by atoms with Crippen LogP contribution in [0.1, 0.15) is 39.5 Å². The number of amides is 2. The maximum Gasteiger partial charge on any atom is 0.239 e. The van der Waals surface area contributed by atoms with Gasteiger partial charge in [0.05, 0.1) is 6.04 Å². The molecule has 1 rings (SSSR count). The Hall–Kier alpha value is -1.10. The Morgan fingerprint density at radius 3 is 2.50 bits per heavy atom. The second kappa shape index (κ2) is 7.36. The fraction of sp³-hybridized carbons (Fsp3) is 0.846. The summed E-state index contributed by atoms with van der Waals surface area (Å²) in [4.78, 5) is 24.7. The van der Waals surface area contributed by atoms with E-state index in [4.69, 9.17) is 5.73 Å². The highest BCUT2D eigenvalue weighted by Gasteiger charge is 2.25. The van der Waals surface area contributed by atoms with Crippen LogP contribution in [-0.4, -0.2) is 42.4 Å². The monoisotopic (exact) mass is 255 g/mol. The average Bonchev–Trinajstić information content (AvgIpc) is 2.36. The first-order chi connectivity index (χ1) is 8.54. The highest BCUT2D eigenvalue weighted by molar-refractivity contribution is 5.81. The van der Waals surface area contributed by atoms with Crippen LogP contribution in [0, 0.1) is 5.92 Å². The summed E-state index contributed by atoms with van der Waals surface area (Å²) < 4.78 is 0. The van der Waals surface area contributed by atoms with Gasteiger partial charge in [-0.25, -0.2) is 0 Å². The molecule has 1 fully saturated rings. The number of nitrogens with two attached hydrogens (primary N) is 1. The molecule has 104 valence electrons. The smallest absolute Gasteiger partial charge is 0.239 e. The SMILES string of the molecule is CCC[C@H](N)C(=O)N1CCC(CNC(C)=O)CC1. The summed E-state index contributed by atoms with van der Waals surface area (Å²) in [6.07, 6.45) is 3.59. The van der Waals surface area contributed by atoms with Gasteiger partial charge in [-0.05, 0) is 25.2 Å². The molecule has 1 heterocycles. The van der Waals surface area contributed by atoms with Crippen molar-refractivity contribution in [3.05, 3.63) is 0 Å². The van der Waals surface area contributed by atoms with E-state index >= 15 is 0 Å². The highest BCUT2D eigenvalue weighted by atomic mass is 16.2. The fourth-order valence-corrected chi connectivity index (χ4v) is 2.31. The third-order valence-corrected chi connectivity index (χ3v) is 3.48. The summed E-state index contributed by atoms with van der Waals surface area (Å²) in [5.41, 5.74) is 5.84. The number of hydrogen-bond donors (Lipinski definition) is 2. The van der Waals surface area contributed by atoms with Gasteiger partial charge < -0.3 is 16.0 Å². The van der Waals surface area contributed by atoms with Crippen molar-refractivity contribution in [1.29, 1.82) is 0 Å². The van der Waals surface area contributed by atoms with Crippen molar-refractivity contribution in [3.63, 3.8) is 0 Å². The Balaban J connectivity index is 2.30. The van der Waals surface area contributed by atoms with Gasteiger partial charge in [-0.3, -0.25) is 9.59 Å². The third-order valence-electron chi connectivity index (χ3n) is 3.48. The van der Waals surface area contributed by atoms with Crippen molar-refractivity contribution in [2.24, 2.45) is 11.7 Å². The van der Waals surface area contributed by atoms with Gasteiger partial charge >= 0.3 is 0 Å². The van der Waals surface area contributed by atoms with Crippen molar-refractivity contribution in [1.82, 2.24) is 10.2 Å². The molecule has 1 saturated heterocycles. The zero-order chi connectivity index (χ0) is 13.5. The van der Waals surface area contributed by atoms with Crippen LogP contribution in [0.3, 0.4) is 0 Å². The van der Waals surface area contributed by atoms with Gasteiger partial charge in [0.15, 0.2) is 0 Å². The van der Waals surface area contributed by atoms with E-state index in [0.717, 1.165) is 45.3 Å². The van der Waals surface area contributed by atoms with Gasteiger partial charge in [0.2, 0.25) is 11.8 Å². The van der Waals surface area contributed by atoms with E-state index in [1.807, 2.05) is 11.8 Å². The summed E-state index contributed by atoms with van der Waals surface area (Å²) in [5.74, 6) is 0.577. The summed E-state index contributed by atoms with van der Waals surface area (Å²) in [5, 5.41) is 2.84. The van der Waals surface area contributed by atoms with E-state index in [0.29, 0.717) is 5.92 Å². The first kappa shape index (κ1) is 15.0. The molecule has 0 bridgehead atoms. The standard InChI is InChI=1S/C13H25N3O2/c1-3-4-12(14)13(18)16-7-5-11(6-8-16)9-15-10(2)17/h11-12H,3-9,14H2,1-2H3,(H,15,17)/t12-/m0/s1. The largest absolute Gasteiger partial charge is 0.356 e. The van der Waals surface area contributed by atoms with Gasteiger partial charge in [0, 0.05) is 26.6 Å². The molecular formula is C13H25N3O2. The van der Waals surface area contributed by atoms with Crippen molar-refractivity contribution in [2.75, 3.05) is 19.6 Å². The number of hydrogen-bond acceptors (Lipinski definition) is 3. The van der Waals surface area contributed by atoms with Crippen molar-refractivity contribution in [3.8, 4) is 0 Å². The van der Waals surface area contributed by atoms with Gasteiger partial charge in [0.1, 0.15) is 0 Å². The average molecular weight is 255 g/mol. The predicted molar refractivity (Wildman–Crippen MR) is 70.9 cm³/mol. The maximum absolute atomic E-state index is 12.0. The van der Waals surface area contributed by atoms with Crippen LogP contribution in [0.25, 0.3) is 0 Å². The third kappa shape index (κ3) is 4.64. The molecule has 18 heavy (non-hydrogen) atoms. The molecule has 0 aliphatic carbocycles. The number of carbonyl (C=O) groups is 2. The molecule has 0 radical (unpaired) electrons. The highest BCUT2D eigenvalue weighted by Crippen LogP contribution is 2.17. The van der Waals surface area contributed by atoms with Crippen LogP contribution in [0.15, 0.2) is 0 Å². The van der Waals surface area contributed by atoms with E-state index in [1.165, 1.54) is 6.92 Å². The van der Waals surface area contributed by atoms with Crippen LogP contribution >= 0.6 is 0 Å². The normalized spacial score (nSPS) is 18.5. The first-order valence-corrected chi connectivity index (χ1v) is 6.83. The van der Waals surface area contributed by atoms with E-state index in [1.54, 1.807) is 0 Å². The lowest BCUT2D eigenvalue weighted by Gasteiger charge is -2.33. The number of carbonyl (C=O) groups excluding carboxylic acids is 2. The maximum atomic E-state index is 12.0. The number of likely N-dealkylation sites (tertiary alicyclic amines) is 1. The fourth-order valence-electron chi connectivity index (χ4n) is 2.31. The van der Waals surface area contributed by atoms with Gasteiger partial charge in [-0.15, -0.1) is 0 Å². The van der Waals surface area contributed by atoms with Crippen molar-refractivity contribution >= 4 is 11.8 Å². The van der Waals surface area contributed by atoms with Gasteiger partial charge in [-0.1, -0.05) is 13.3 Å². The topological polar surface area (TPSA) is 75.4 Å². The zero-order valence-corrected chi connectivity index (χ0v) is 11.4. The molecule has 5 nitrogen and oxygen atoms in total. The number of nitrogens with zero attached hydrogens (tertiary/aromatic N) is 1. The lowest BCUT2D eigenvalue weighted by atomic mass is 9.96. The minimum absolute atomic E-state index is 0.0125. The van der Waals surface area contributed by atoms with Gasteiger partial charge in [-0.2, -0.15) is 0 Å². The minimum Gasteiger partial charge on any atom is -0.356 e. The molecule has 2 amide bonds. The Morgan fingerprint density at radius 1 is 1.39 bits per heavy atom. The summed E-state index contributed by atoms with van der Waals surface area (Å²) in [6, 6.07) is -0.345. The Kier molecular flexibility index (Phi) is 6.12. The number of piperidine rings is 1. The number of rotatable bonds is 5. The molecule has 5 heteroatoms. The Morgan fingerprint density at radius 2 is 2.00 bits per heavy atom. The summed E-state index contributed by atoms with van der Waals surface area (Å²) in [7, 11) is 0. The van der Waals surface area contributed by atoms with Crippen LogP contribution < -0.4 is 11.1 Å². The van der Waals surface area contributed by atoms with Crippen LogP contribution in [0.2, 0.25) is 0 Å². The molecule has 3 N–H and O–H groups in total. The van der Waals surface area contributed by atoms with Gasteiger partial charge in [0.25, 0.3) is 0 Å². The number of nitrogens with one attached hydrogen (secondary N) is 1. The van der Waals surface area contributed by atoms with Crippen LogP contribution in [0.4, 0.5) is 0 Å². The molecular weight excluding hydrogens is 230 g/mol. The van der Waals surface area contributed by atoms with E-state index in [-0.39, 0.29) is 17.9 Å². The van der Waals surface area contributed by atoms with Crippen molar-refractivity contribution < 1.29 is 9.59 Å². The summed E-state index contributed by atoms with van der Waals surface area (Å²) in [6.45, 7) is 5.81. The van der Waals surface area contributed by atoms with E-state index in [9.17, 15) is 9.59 Å². The molecule has 0 aromatic heterocycles. The Labute approximate surface area is 109 Å². The van der Waals surface area contributed by atoms with Crippen LogP contribution in [0.5, 0.6) is 0 Å². The molecule has 0 unspecified atom stereocenters. The Bertz CT molecular complexity index is 286. The summed E-state index contributed by atoms with van der Waals surface area (Å²) >= 11 is 0. The molecule has 0 aromatic rings. The van der Waals surface area contributed by atoms with Crippen LogP contribution in [-0.2, 0) is 9.59 Å². The minimum atomic E-state index is -0.345. The second-order valence-corrected chi connectivity index (χ2v) is 5.10. The predicted octanol–water partition coefficient (Wildman–Crippen LogP) is 0.489. The van der Waals surface area contributed by atoms with Crippen molar-refractivity contribution in [2.45, 2.75) is 45.6 Å². The lowest BCUT2D eigenvalue weighted by molar-refractivity contribution is -0.134. The zero-order valence-electron chi connectivity index (χ0n) is 11.4. The molecule has 0 aromatic carbocycles. The van der Waals surface area contributed by atoms with E-state index < -0.39 is 0 Å². The quantitative estimate of drug-likeness (QED) is 0.750. The molecule has 1 aliphatic heterocycles. The molecule has 1 atom stereocenters. The first-order valence-electron chi connectivity index (χ1n) is 6.83. The second-order valence-electron chi connectivity index (χ2n) is 5.10. The molecule has 0 spiro atoms. The lowest BCUT2D eigenvalue weighted by Crippen LogP contribution is -2.48. The van der Waals surface area contributed by atoms with E-state index in [2.05, 4.69) is 5.32 Å². The molecule has 0 saturated carbocycles. The molecule has 1 aliphatic rings.